The van der Waals surface area contributed by atoms with Crippen LogP contribution in [0.2, 0.25) is 0 Å². The fourth-order valence-electron chi connectivity index (χ4n) is 1.35. The van der Waals surface area contributed by atoms with E-state index in [1.807, 2.05) is 0 Å². The number of hydrogen-bond acceptors (Lipinski definition) is 4. The molecule has 5 nitrogen and oxygen atoms in total. The van der Waals surface area contributed by atoms with Gasteiger partial charge in [0, 0.05) is 6.26 Å². The van der Waals surface area contributed by atoms with Gasteiger partial charge in [0.15, 0.2) is 9.84 Å². The van der Waals surface area contributed by atoms with Crippen molar-refractivity contribution in [3.8, 4) is 0 Å². The van der Waals surface area contributed by atoms with Gasteiger partial charge in [0.1, 0.15) is 6.04 Å². The largest absolute Gasteiger partial charge is 0.480 e. The van der Waals surface area contributed by atoms with E-state index in [0.717, 1.165) is 11.8 Å². The molecule has 0 aliphatic rings. The third kappa shape index (κ3) is 2.59. The lowest BCUT2D eigenvalue weighted by atomic mass is 10.1. The Bertz CT molecular complexity index is 522. The highest BCUT2D eigenvalue weighted by Crippen LogP contribution is 2.22. The van der Waals surface area contributed by atoms with Crippen LogP contribution in [0.1, 0.15) is 17.2 Å². The van der Waals surface area contributed by atoms with E-state index in [2.05, 4.69) is 0 Å². The van der Waals surface area contributed by atoms with Crippen LogP contribution >= 0.6 is 0 Å². The van der Waals surface area contributed by atoms with Crippen LogP contribution in [0.4, 0.5) is 0 Å². The topological polar surface area (TPSA) is 97.5 Å². The van der Waals surface area contributed by atoms with Gasteiger partial charge in [0.2, 0.25) is 0 Å². The van der Waals surface area contributed by atoms with Crippen LogP contribution in [0.3, 0.4) is 0 Å². The van der Waals surface area contributed by atoms with Crippen molar-refractivity contribution in [1.82, 2.24) is 0 Å². The average Bonchev–Trinajstić information content (AvgIpc) is 2.15. The zero-order valence-electron chi connectivity index (χ0n) is 8.97. The molecule has 6 heteroatoms. The molecule has 88 valence electrons. The van der Waals surface area contributed by atoms with Gasteiger partial charge in [-0.3, -0.25) is 4.79 Å². The Morgan fingerprint density at radius 1 is 1.44 bits per heavy atom. The molecule has 0 radical (unpaired) electrons. The van der Waals surface area contributed by atoms with Crippen LogP contribution in [-0.4, -0.2) is 25.7 Å². The van der Waals surface area contributed by atoms with Crippen LogP contribution in [-0.2, 0) is 14.6 Å². The van der Waals surface area contributed by atoms with Gasteiger partial charge in [0.05, 0.1) is 4.90 Å². The highest BCUT2D eigenvalue weighted by Gasteiger charge is 2.22. The van der Waals surface area contributed by atoms with E-state index >= 15 is 0 Å². The fourth-order valence-corrected chi connectivity index (χ4v) is 2.38. The summed E-state index contributed by atoms with van der Waals surface area (Å²) in [5, 5.41) is 8.78. The molecule has 0 aliphatic heterocycles. The maximum Gasteiger partial charge on any atom is 0.325 e. The molecule has 0 bridgehead atoms. The molecule has 1 aromatic carbocycles. The number of rotatable bonds is 3. The second-order valence-corrected chi connectivity index (χ2v) is 5.61. The quantitative estimate of drug-likeness (QED) is 0.804. The van der Waals surface area contributed by atoms with Gasteiger partial charge < -0.3 is 10.8 Å². The number of aryl methyl sites for hydroxylation is 1. The van der Waals surface area contributed by atoms with Gasteiger partial charge in [0.25, 0.3) is 0 Å². The number of carboxylic acid groups (broad SMARTS) is 1. The Labute approximate surface area is 93.8 Å². The monoisotopic (exact) mass is 243 g/mol. The number of carboxylic acids is 1. The lowest BCUT2D eigenvalue weighted by molar-refractivity contribution is -0.138. The maximum absolute atomic E-state index is 11.5. The summed E-state index contributed by atoms with van der Waals surface area (Å²) in [4.78, 5) is 10.7. The standard InChI is InChI=1S/C10H13NO4S/c1-6-3-4-7(9(11)10(12)13)8(5-6)16(2,14)15/h3-5,9H,11H2,1-2H3,(H,12,13). The molecule has 0 saturated heterocycles. The number of benzene rings is 1. The summed E-state index contributed by atoms with van der Waals surface area (Å²) in [5.74, 6) is -1.26. The number of aliphatic carboxylic acids is 1. The summed E-state index contributed by atoms with van der Waals surface area (Å²) in [6.45, 7) is 1.73. The van der Waals surface area contributed by atoms with E-state index in [0.29, 0.717) is 0 Å². The van der Waals surface area contributed by atoms with E-state index in [1.165, 1.54) is 12.1 Å². The van der Waals surface area contributed by atoms with Crippen molar-refractivity contribution in [2.24, 2.45) is 5.73 Å². The minimum Gasteiger partial charge on any atom is -0.480 e. The van der Waals surface area contributed by atoms with Crippen LogP contribution in [0.5, 0.6) is 0 Å². The molecule has 1 atom stereocenters. The smallest absolute Gasteiger partial charge is 0.325 e. The molecule has 1 unspecified atom stereocenters. The van der Waals surface area contributed by atoms with Crippen LogP contribution in [0, 0.1) is 6.92 Å². The molecule has 0 amide bonds. The first-order chi connectivity index (χ1) is 7.23. The lowest BCUT2D eigenvalue weighted by Gasteiger charge is -2.12. The van der Waals surface area contributed by atoms with Gasteiger partial charge >= 0.3 is 5.97 Å². The Balaban J connectivity index is 3.46. The molecule has 0 fully saturated rings. The zero-order chi connectivity index (χ0) is 12.5. The molecule has 0 heterocycles. The van der Waals surface area contributed by atoms with E-state index in [1.54, 1.807) is 13.0 Å². The van der Waals surface area contributed by atoms with Crippen molar-refractivity contribution >= 4 is 15.8 Å². The predicted molar refractivity (Wildman–Crippen MR) is 58.9 cm³/mol. The Morgan fingerprint density at radius 2 is 2.00 bits per heavy atom. The normalized spacial score (nSPS) is 13.4. The third-order valence-electron chi connectivity index (χ3n) is 2.17. The van der Waals surface area contributed by atoms with Crippen molar-refractivity contribution in [1.29, 1.82) is 0 Å². The van der Waals surface area contributed by atoms with E-state index in [-0.39, 0.29) is 10.5 Å². The first kappa shape index (κ1) is 12.7. The summed E-state index contributed by atoms with van der Waals surface area (Å²) in [5.41, 5.74) is 6.27. The van der Waals surface area contributed by atoms with Gasteiger partial charge in [-0.25, -0.2) is 8.42 Å². The van der Waals surface area contributed by atoms with Gasteiger partial charge in [-0.05, 0) is 24.1 Å². The Morgan fingerprint density at radius 3 is 2.44 bits per heavy atom. The molecular weight excluding hydrogens is 230 g/mol. The van der Waals surface area contributed by atoms with Crippen LogP contribution in [0.15, 0.2) is 23.1 Å². The minimum atomic E-state index is -3.48. The van der Waals surface area contributed by atoms with Crippen molar-refractivity contribution in [2.45, 2.75) is 17.9 Å². The third-order valence-corrected chi connectivity index (χ3v) is 3.32. The van der Waals surface area contributed by atoms with Crippen molar-refractivity contribution in [2.75, 3.05) is 6.26 Å². The second kappa shape index (κ2) is 4.23. The van der Waals surface area contributed by atoms with Crippen molar-refractivity contribution < 1.29 is 18.3 Å². The SMILES string of the molecule is Cc1ccc(C(N)C(=O)O)c(S(C)(=O)=O)c1. The first-order valence-electron chi connectivity index (χ1n) is 4.52. The van der Waals surface area contributed by atoms with Crippen molar-refractivity contribution in [3.05, 3.63) is 29.3 Å². The lowest BCUT2D eigenvalue weighted by Crippen LogP contribution is -2.23. The van der Waals surface area contributed by atoms with Gasteiger partial charge in [-0.15, -0.1) is 0 Å². The summed E-state index contributed by atoms with van der Waals surface area (Å²) >= 11 is 0. The molecule has 16 heavy (non-hydrogen) atoms. The molecule has 0 saturated carbocycles. The Hall–Kier alpha value is -1.40. The van der Waals surface area contributed by atoms with Crippen LogP contribution in [0.25, 0.3) is 0 Å². The summed E-state index contributed by atoms with van der Waals surface area (Å²) < 4.78 is 23.0. The van der Waals surface area contributed by atoms with Gasteiger partial charge in [-0.1, -0.05) is 12.1 Å². The summed E-state index contributed by atoms with van der Waals surface area (Å²) in [6.07, 6.45) is 1.03. The number of hydrogen-bond donors (Lipinski definition) is 2. The number of nitrogens with two attached hydrogens (primary N) is 1. The average molecular weight is 243 g/mol. The molecule has 3 N–H and O–H groups in total. The maximum atomic E-state index is 11.5. The fraction of sp³-hybridized carbons (Fsp3) is 0.300. The van der Waals surface area contributed by atoms with E-state index < -0.39 is 21.8 Å². The van der Waals surface area contributed by atoms with Crippen LogP contribution < -0.4 is 5.73 Å². The second-order valence-electron chi connectivity index (χ2n) is 3.63. The zero-order valence-corrected chi connectivity index (χ0v) is 9.78. The molecular formula is C10H13NO4S. The molecule has 1 aromatic rings. The van der Waals surface area contributed by atoms with Crippen molar-refractivity contribution in [3.63, 3.8) is 0 Å². The predicted octanol–water partition coefficient (Wildman–Crippen LogP) is 0.483. The summed E-state index contributed by atoms with van der Waals surface area (Å²) in [7, 11) is -3.48. The first-order valence-corrected chi connectivity index (χ1v) is 6.41. The number of sulfone groups is 1. The minimum absolute atomic E-state index is 0.0256. The number of carbonyl (C=O) groups is 1. The van der Waals surface area contributed by atoms with Gasteiger partial charge in [-0.2, -0.15) is 0 Å². The Kier molecular flexibility index (Phi) is 3.35. The molecule has 0 spiro atoms. The molecule has 1 rings (SSSR count). The summed E-state index contributed by atoms with van der Waals surface area (Å²) in [6, 6.07) is 3.16. The molecule has 0 aliphatic carbocycles. The molecule has 0 aromatic heterocycles. The highest BCUT2D eigenvalue weighted by molar-refractivity contribution is 7.90. The van der Waals surface area contributed by atoms with E-state index in [9.17, 15) is 13.2 Å². The highest BCUT2D eigenvalue weighted by atomic mass is 32.2. The van der Waals surface area contributed by atoms with E-state index in [4.69, 9.17) is 10.8 Å².